The van der Waals surface area contributed by atoms with Gasteiger partial charge in [-0.25, -0.2) is 0 Å². The summed E-state index contributed by atoms with van der Waals surface area (Å²) in [5.74, 6) is 0.234. The quantitative estimate of drug-likeness (QED) is 0.792. The van der Waals surface area contributed by atoms with Crippen LogP contribution in [0.3, 0.4) is 0 Å². The minimum absolute atomic E-state index is 0.0423. The average molecular weight is 241 g/mol. The van der Waals surface area contributed by atoms with Gasteiger partial charge in [-0.05, 0) is 40.0 Å². The molecule has 2 saturated heterocycles. The van der Waals surface area contributed by atoms with E-state index in [1.807, 2.05) is 0 Å². The zero-order valence-electron chi connectivity index (χ0n) is 11.0. The fraction of sp³-hybridized carbons (Fsp3) is 1.00. The summed E-state index contributed by atoms with van der Waals surface area (Å²) in [6.45, 7) is 7.42. The normalized spacial score (nSPS) is 39.9. The summed E-state index contributed by atoms with van der Waals surface area (Å²) >= 11 is 0. The van der Waals surface area contributed by atoms with Crippen LogP contribution in [0.25, 0.3) is 0 Å². The van der Waals surface area contributed by atoms with Gasteiger partial charge in [0.1, 0.15) is 0 Å². The fourth-order valence-corrected chi connectivity index (χ4v) is 3.38. The summed E-state index contributed by atoms with van der Waals surface area (Å²) in [6.07, 6.45) is 3.39. The average Bonchev–Trinajstić information content (AvgIpc) is 2.76. The highest BCUT2D eigenvalue weighted by Gasteiger charge is 2.64. The molecule has 3 fully saturated rings. The molecular formula is C13H23NO3. The molecule has 2 heterocycles. The van der Waals surface area contributed by atoms with E-state index in [0.29, 0.717) is 0 Å². The van der Waals surface area contributed by atoms with E-state index in [0.717, 1.165) is 25.8 Å². The van der Waals surface area contributed by atoms with Gasteiger partial charge in [-0.2, -0.15) is 5.06 Å². The molecule has 1 aliphatic carbocycles. The van der Waals surface area contributed by atoms with Crippen molar-refractivity contribution in [3.8, 4) is 0 Å². The van der Waals surface area contributed by atoms with Gasteiger partial charge in [-0.1, -0.05) is 0 Å². The molecule has 4 heteroatoms. The lowest BCUT2D eigenvalue weighted by Gasteiger charge is -2.30. The van der Waals surface area contributed by atoms with Crippen LogP contribution in [-0.4, -0.2) is 46.7 Å². The van der Waals surface area contributed by atoms with Crippen LogP contribution in [0.4, 0.5) is 0 Å². The summed E-state index contributed by atoms with van der Waals surface area (Å²) in [7, 11) is 0. The molecule has 2 aliphatic heterocycles. The molecule has 0 unspecified atom stereocenters. The Kier molecular flexibility index (Phi) is 2.57. The third-order valence-electron chi connectivity index (χ3n) is 4.18. The van der Waals surface area contributed by atoms with Gasteiger partial charge in [-0.3, -0.25) is 4.84 Å². The monoisotopic (exact) mass is 241 g/mol. The number of hydrogen-bond donors (Lipinski definition) is 1. The smallest absolute Gasteiger partial charge is 0.0968 e. The van der Waals surface area contributed by atoms with Gasteiger partial charge in [0.05, 0.1) is 30.0 Å². The maximum absolute atomic E-state index is 9.64. The number of rotatable bonds is 2. The summed E-state index contributed by atoms with van der Waals surface area (Å²) in [5, 5.41) is 11.7. The van der Waals surface area contributed by atoms with Crippen LogP contribution < -0.4 is 0 Å². The molecule has 4 nitrogen and oxygen atoms in total. The second-order valence-electron chi connectivity index (χ2n) is 6.63. The first kappa shape index (κ1) is 11.9. The molecule has 3 rings (SSSR count). The van der Waals surface area contributed by atoms with Crippen LogP contribution >= 0.6 is 0 Å². The Bertz CT molecular complexity index is 308. The van der Waals surface area contributed by atoms with Crippen molar-refractivity contribution in [1.29, 1.82) is 0 Å². The zero-order chi connectivity index (χ0) is 12.3. The van der Waals surface area contributed by atoms with Crippen molar-refractivity contribution in [2.24, 2.45) is 5.92 Å². The van der Waals surface area contributed by atoms with Crippen molar-refractivity contribution in [3.63, 3.8) is 0 Å². The van der Waals surface area contributed by atoms with Crippen LogP contribution in [0.15, 0.2) is 0 Å². The molecule has 0 radical (unpaired) electrons. The predicted octanol–water partition coefficient (Wildman–Crippen LogP) is 1.33. The summed E-state index contributed by atoms with van der Waals surface area (Å²) in [4.78, 5) is 6.03. The van der Waals surface area contributed by atoms with Gasteiger partial charge < -0.3 is 9.84 Å². The van der Waals surface area contributed by atoms with E-state index in [1.165, 1.54) is 0 Å². The maximum atomic E-state index is 9.64. The Balaban J connectivity index is 1.76. The Morgan fingerprint density at radius 3 is 2.65 bits per heavy atom. The fourth-order valence-electron chi connectivity index (χ4n) is 3.38. The minimum atomic E-state index is -0.125. The van der Waals surface area contributed by atoms with Crippen molar-refractivity contribution < 1.29 is 14.7 Å². The molecule has 1 saturated carbocycles. The van der Waals surface area contributed by atoms with Crippen molar-refractivity contribution in [2.45, 2.75) is 63.4 Å². The van der Waals surface area contributed by atoms with Crippen molar-refractivity contribution in [2.75, 3.05) is 13.2 Å². The van der Waals surface area contributed by atoms with Crippen molar-refractivity contribution >= 4 is 0 Å². The number of ether oxygens (including phenoxy) is 1. The van der Waals surface area contributed by atoms with Crippen molar-refractivity contribution in [1.82, 2.24) is 5.06 Å². The Morgan fingerprint density at radius 2 is 2.12 bits per heavy atom. The first-order valence-corrected chi connectivity index (χ1v) is 6.70. The van der Waals surface area contributed by atoms with Crippen LogP contribution in [0.2, 0.25) is 0 Å². The maximum Gasteiger partial charge on any atom is 0.0968 e. The highest BCUT2D eigenvalue weighted by molar-refractivity contribution is 5.12. The zero-order valence-corrected chi connectivity index (χ0v) is 11.0. The molecule has 3 atom stereocenters. The molecule has 1 N–H and O–H groups in total. The van der Waals surface area contributed by atoms with Crippen LogP contribution in [-0.2, 0) is 9.57 Å². The van der Waals surface area contributed by atoms with Crippen LogP contribution in [0.1, 0.15) is 40.0 Å². The first-order valence-electron chi connectivity index (χ1n) is 6.70. The van der Waals surface area contributed by atoms with Gasteiger partial charge >= 0.3 is 0 Å². The Morgan fingerprint density at radius 1 is 1.41 bits per heavy atom. The van der Waals surface area contributed by atoms with Gasteiger partial charge in [-0.15, -0.1) is 0 Å². The second-order valence-corrected chi connectivity index (χ2v) is 6.63. The second kappa shape index (κ2) is 3.67. The topological polar surface area (TPSA) is 41.9 Å². The van der Waals surface area contributed by atoms with E-state index in [4.69, 9.17) is 9.57 Å². The largest absolute Gasteiger partial charge is 0.396 e. The molecule has 3 aliphatic rings. The summed E-state index contributed by atoms with van der Waals surface area (Å²) < 4.78 is 6.13. The lowest BCUT2D eigenvalue weighted by Crippen LogP contribution is -2.41. The van der Waals surface area contributed by atoms with E-state index in [-0.39, 0.29) is 35.9 Å². The molecule has 0 amide bonds. The van der Waals surface area contributed by atoms with Gasteiger partial charge in [0.25, 0.3) is 0 Å². The molecule has 17 heavy (non-hydrogen) atoms. The molecular weight excluding hydrogens is 218 g/mol. The third-order valence-corrected chi connectivity index (χ3v) is 4.18. The minimum Gasteiger partial charge on any atom is -0.396 e. The van der Waals surface area contributed by atoms with E-state index >= 15 is 0 Å². The van der Waals surface area contributed by atoms with Crippen molar-refractivity contribution in [3.05, 3.63) is 0 Å². The molecule has 0 aromatic heterocycles. The summed E-state index contributed by atoms with van der Waals surface area (Å²) in [6, 6.07) is 0.252. The SMILES string of the molecule is CC(C)(C)O[C@H]1CCN2OC3(CC3)[C@H](CO)[C@H]12. The molecule has 0 aromatic rings. The number of fused-ring (bicyclic) bond motifs is 1. The van der Waals surface area contributed by atoms with Gasteiger partial charge in [0, 0.05) is 12.5 Å². The number of aliphatic hydroxyl groups excluding tert-OH is 1. The van der Waals surface area contributed by atoms with Gasteiger partial charge in [0.15, 0.2) is 0 Å². The van der Waals surface area contributed by atoms with Crippen LogP contribution in [0, 0.1) is 5.92 Å². The van der Waals surface area contributed by atoms with E-state index in [9.17, 15) is 5.11 Å². The standard InChI is InChI=1S/C13H23NO3/c1-12(2,3)16-10-4-7-14-11(10)9(8-15)13(17-14)5-6-13/h9-11,15H,4-8H2,1-3H3/t9-,10+,11-/m1/s1. The molecule has 98 valence electrons. The lowest BCUT2D eigenvalue weighted by molar-refractivity contribution is -0.167. The lowest BCUT2D eigenvalue weighted by atomic mass is 9.90. The van der Waals surface area contributed by atoms with E-state index < -0.39 is 0 Å². The highest BCUT2D eigenvalue weighted by atomic mass is 16.7. The Hall–Kier alpha value is -0.160. The third kappa shape index (κ3) is 1.91. The molecule has 0 bridgehead atoms. The Labute approximate surface area is 103 Å². The number of hydrogen-bond acceptors (Lipinski definition) is 4. The number of aliphatic hydroxyl groups is 1. The molecule has 0 aromatic carbocycles. The highest BCUT2D eigenvalue weighted by Crippen LogP contribution is 2.56. The first-order chi connectivity index (χ1) is 7.95. The van der Waals surface area contributed by atoms with Crippen LogP contribution in [0.5, 0.6) is 0 Å². The van der Waals surface area contributed by atoms with Gasteiger partial charge in [0.2, 0.25) is 0 Å². The molecule has 1 spiro atoms. The van der Waals surface area contributed by atoms with E-state index in [2.05, 4.69) is 25.8 Å². The van der Waals surface area contributed by atoms with E-state index in [1.54, 1.807) is 0 Å². The summed E-state index contributed by atoms with van der Waals surface area (Å²) in [5.41, 5.74) is -0.167. The number of hydroxylamine groups is 2. The predicted molar refractivity (Wildman–Crippen MR) is 63.4 cm³/mol. The number of nitrogens with zero attached hydrogens (tertiary/aromatic N) is 1.